The van der Waals surface area contributed by atoms with Gasteiger partial charge < -0.3 is 10.5 Å². The zero-order valence-corrected chi connectivity index (χ0v) is 8.73. The molecule has 2 N–H and O–H groups in total. The summed E-state index contributed by atoms with van der Waals surface area (Å²) in [6.07, 6.45) is -4.41. The van der Waals surface area contributed by atoms with E-state index >= 15 is 0 Å². The van der Waals surface area contributed by atoms with Crippen molar-refractivity contribution in [3.8, 4) is 5.75 Å². The molecule has 0 aliphatic carbocycles. The van der Waals surface area contributed by atoms with Gasteiger partial charge in [-0.1, -0.05) is 12.1 Å². The van der Waals surface area contributed by atoms with Gasteiger partial charge in [0.25, 0.3) is 0 Å². The molecule has 2 nitrogen and oxygen atoms in total. The number of ether oxygens (including phenoxy) is 1. The lowest BCUT2D eigenvalue weighted by atomic mass is 10.1. The number of benzene rings is 1. The first-order valence-corrected chi connectivity index (χ1v) is 3.91. The van der Waals surface area contributed by atoms with Gasteiger partial charge in [-0.3, -0.25) is 0 Å². The van der Waals surface area contributed by atoms with Crippen LogP contribution in [0.15, 0.2) is 24.3 Å². The summed E-state index contributed by atoms with van der Waals surface area (Å²) in [5, 5.41) is 0. The summed E-state index contributed by atoms with van der Waals surface area (Å²) in [7, 11) is 1.44. The van der Waals surface area contributed by atoms with E-state index < -0.39 is 12.2 Å². The number of halogens is 4. The molecular weight excluding hydrogens is 231 g/mol. The van der Waals surface area contributed by atoms with Crippen molar-refractivity contribution in [1.29, 1.82) is 0 Å². The molecule has 0 unspecified atom stereocenters. The van der Waals surface area contributed by atoms with E-state index in [-0.39, 0.29) is 18.0 Å². The van der Waals surface area contributed by atoms with Gasteiger partial charge >= 0.3 is 6.18 Å². The first-order chi connectivity index (χ1) is 6.45. The molecule has 0 amide bonds. The van der Waals surface area contributed by atoms with Crippen LogP contribution in [0.25, 0.3) is 0 Å². The Labute approximate surface area is 91.6 Å². The van der Waals surface area contributed by atoms with E-state index in [9.17, 15) is 13.2 Å². The SMILES string of the molecule is COc1ccc([C@@H](N)C(F)(F)F)cc1.Cl. The van der Waals surface area contributed by atoms with Crippen molar-refractivity contribution in [3.63, 3.8) is 0 Å². The van der Waals surface area contributed by atoms with Gasteiger partial charge in [0.1, 0.15) is 11.8 Å². The Bertz CT molecular complexity index is 299. The molecule has 1 aromatic carbocycles. The lowest BCUT2D eigenvalue weighted by molar-refractivity contribution is -0.149. The summed E-state index contributed by atoms with van der Waals surface area (Å²) >= 11 is 0. The van der Waals surface area contributed by atoms with Crippen LogP contribution in [0.3, 0.4) is 0 Å². The third kappa shape index (κ3) is 3.60. The molecule has 1 rings (SSSR count). The Hall–Kier alpha value is -0.940. The first kappa shape index (κ1) is 14.1. The predicted molar refractivity (Wildman–Crippen MR) is 53.2 cm³/mol. The van der Waals surface area contributed by atoms with Crippen LogP contribution in [0, 0.1) is 0 Å². The van der Waals surface area contributed by atoms with Crippen LogP contribution in [0.4, 0.5) is 13.2 Å². The normalized spacial score (nSPS) is 12.9. The summed E-state index contributed by atoms with van der Waals surface area (Å²) in [6.45, 7) is 0. The fourth-order valence-electron chi connectivity index (χ4n) is 1.00. The highest BCUT2D eigenvalue weighted by molar-refractivity contribution is 5.85. The molecule has 86 valence electrons. The number of hydrogen-bond donors (Lipinski definition) is 1. The van der Waals surface area contributed by atoms with Crippen molar-refractivity contribution in [2.45, 2.75) is 12.2 Å². The second kappa shape index (κ2) is 5.23. The fraction of sp³-hybridized carbons (Fsp3) is 0.333. The van der Waals surface area contributed by atoms with Crippen LogP contribution in [-0.4, -0.2) is 13.3 Å². The minimum atomic E-state index is -4.41. The number of nitrogens with two attached hydrogens (primary N) is 1. The van der Waals surface area contributed by atoms with Gasteiger partial charge in [-0.05, 0) is 17.7 Å². The van der Waals surface area contributed by atoms with E-state index in [0.717, 1.165) is 0 Å². The van der Waals surface area contributed by atoms with Crippen LogP contribution in [0.5, 0.6) is 5.75 Å². The number of methoxy groups -OCH3 is 1. The summed E-state index contributed by atoms with van der Waals surface area (Å²) in [5.74, 6) is 0.503. The maximum Gasteiger partial charge on any atom is 0.407 e. The maximum atomic E-state index is 12.2. The topological polar surface area (TPSA) is 35.2 Å². The number of rotatable bonds is 2. The summed E-state index contributed by atoms with van der Waals surface area (Å²) in [4.78, 5) is 0. The van der Waals surface area contributed by atoms with E-state index in [1.807, 2.05) is 0 Å². The molecule has 0 spiro atoms. The molecule has 0 heterocycles. The standard InChI is InChI=1S/C9H10F3NO.ClH/c1-14-7-4-2-6(3-5-7)8(13)9(10,11)12;/h2-5,8H,13H2,1H3;1H/t8-;/m1./s1. The van der Waals surface area contributed by atoms with Crippen molar-refractivity contribution >= 4 is 12.4 Å². The minimum absolute atomic E-state index is 0. The molecule has 0 aromatic heterocycles. The summed E-state index contributed by atoms with van der Waals surface area (Å²) in [5.41, 5.74) is 5.02. The molecule has 0 aliphatic rings. The van der Waals surface area contributed by atoms with Crippen molar-refractivity contribution < 1.29 is 17.9 Å². The van der Waals surface area contributed by atoms with Crippen LogP contribution in [-0.2, 0) is 0 Å². The Balaban J connectivity index is 0.00000196. The average Bonchev–Trinajstić information content (AvgIpc) is 2.15. The highest BCUT2D eigenvalue weighted by Gasteiger charge is 2.37. The van der Waals surface area contributed by atoms with E-state index in [2.05, 4.69) is 0 Å². The molecule has 0 radical (unpaired) electrons. The Morgan fingerprint density at radius 1 is 1.20 bits per heavy atom. The number of alkyl halides is 3. The van der Waals surface area contributed by atoms with Gasteiger partial charge in [-0.15, -0.1) is 12.4 Å². The Morgan fingerprint density at radius 3 is 2.00 bits per heavy atom. The van der Waals surface area contributed by atoms with Gasteiger partial charge in [-0.25, -0.2) is 0 Å². The molecule has 0 saturated heterocycles. The molecule has 6 heteroatoms. The highest BCUT2D eigenvalue weighted by Crippen LogP contribution is 2.30. The van der Waals surface area contributed by atoms with Gasteiger partial charge in [0, 0.05) is 0 Å². The zero-order chi connectivity index (χ0) is 10.8. The smallest absolute Gasteiger partial charge is 0.407 e. The highest BCUT2D eigenvalue weighted by atomic mass is 35.5. The van der Waals surface area contributed by atoms with Crippen molar-refractivity contribution in [2.24, 2.45) is 5.73 Å². The van der Waals surface area contributed by atoms with Gasteiger partial charge in [0.05, 0.1) is 7.11 Å². The molecule has 0 aliphatic heterocycles. The molecule has 0 bridgehead atoms. The third-order valence-corrected chi connectivity index (χ3v) is 1.83. The largest absolute Gasteiger partial charge is 0.497 e. The quantitative estimate of drug-likeness (QED) is 0.864. The monoisotopic (exact) mass is 241 g/mol. The minimum Gasteiger partial charge on any atom is -0.497 e. The maximum absolute atomic E-state index is 12.2. The number of hydrogen-bond acceptors (Lipinski definition) is 2. The third-order valence-electron chi connectivity index (χ3n) is 1.83. The predicted octanol–water partition coefficient (Wildman–Crippen LogP) is 2.68. The molecule has 0 saturated carbocycles. The van der Waals surface area contributed by atoms with E-state index in [0.29, 0.717) is 5.75 Å². The summed E-state index contributed by atoms with van der Waals surface area (Å²) < 4.78 is 41.3. The lowest BCUT2D eigenvalue weighted by Crippen LogP contribution is -2.28. The van der Waals surface area contributed by atoms with Gasteiger partial charge in [0.2, 0.25) is 0 Å². The summed E-state index contributed by atoms with van der Waals surface area (Å²) in [6, 6.07) is 3.56. The average molecular weight is 242 g/mol. The zero-order valence-electron chi connectivity index (χ0n) is 7.91. The fourth-order valence-corrected chi connectivity index (χ4v) is 1.00. The van der Waals surface area contributed by atoms with E-state index in [1.54, 1.807) is 0 Å². The van der Waals surface area contributed by atoms with Crippen LogP contribution < -0.4 is 10.5 Å². The van der Waals surface area contributed by atoms with Crippen molar-refractivity contribution in [3.05, 3.63) is 29.8 Å². The molecule has 1 atom stereocenters. The van der Waals surface area contributed by atoms with Crippen LogP contribution in [0.1, 0.15) is 11.6 Å². The van der Waals surface area contributed by atoms with Crippen molar-refractivity contribution in [2.75, 3.05) is 7.11 Å². The Morgan fingerprint density at radius 2 is 1.67 bits per heavy atom. The van der Waals surface area contributed by atoms with E-state index in [4.69, 9.17) is 10.5 Å². The van der Waals surface area contributed by atoms with Crippen LogP contribution in [0.2, 0.25) is 0 Å². The van der Waals surface area contributed by atoms with Gasteiger partial charge in [0.15, 0.2) is 0 Å². The molecular formula is C9H11ClF3NO. The molecule has 0 fully saturated rings. The Kier molecular flexibility index (Phi) is 4.90. The van der Waals surface area contributed by atoms with Crippen LogP contribution >= 0.6 is 12.4 Å². The van der Waals surface area contributed by atoms with Crippen molar-refractivity contribution in [1.82, 2.24) is 0 Å². The second-order valence-electron chi connectivity index (χ2n) is 2.79. The molecule has 15 heavy (non-hydrogen) atoms. The van der Waals surface area contributed by atoms with E-state index in [1.165, 1.54) is 31.4 Å². The van der Waals surface area contributed by atoms with Gasteiger partial charge in [-0.2, -0.15) is 13.2 Å². The first-order valence-electron chi connectivity index (χ1n) is 3.91. The molecule has 1 aromatic rings. The second-order valence-corrected chi connectivity index (χ2v) is 2.79. The lowest BCUT2D eigenvalue weighted by Gasteiger charge is -2.15.